The summed E-state index contributed by atoms with van der Waals surface area (Å²) in [6, 6.07) is 12.8. The van der Waals surface area contributed by atoms with Crippen LogP contribution in [0.3, 0.4) is 0 Å². The van der Waals surface area contributed by atoms with Gasteiger partial charge in [-0.05, 0) is 35.1 Å². The molecule has 0 radical (unpaired) electrons. The predicted octanol–water partition coefficient (Wildman–Crippen LogP) is 3.81. The Bertz CT molecular complexity index is 858. The zero-order valence-corrected chi connectivity index (χ0v) is 13.5. The number of hydrogen-bond acceptors (Lipinski definition) is 5. The van der Waals surface area contributed by atoms with E-state index >= 15 is 0 Å². The molecule has 1 unspecified atom stereocenters. The lowest BCUT2D eigenvalue weighted by atomic mass is 10.0. The Kier molecular flexibility index (Phi) is 4.33. The fourth-order valence-corrected chi connectivity index (χ4v) is 2.68. The summed E-state index contributed by atoms with van der Waals surface area (Å²) in [4.78, 5) is 15.4. The number of fused-ring (bicyclic) bond motifs is 1. The second-order valence-electron chi connectivity index (χ2n) is 5.35. The van der Waals surface area contributed by atoms with Crippen LogP contribution in [0.2, 0.25) is 0 Å². The van der Waals surface area contributed by atoms with Crippen LogP contribution in [0.15, 0.2) is 48.7 Å². The van der Waals surface area contributed by atoms with E-state index < -0.39 is 4.92 Å². The fraction of sp³-hybridized carbons (Fsp3) is 0.235. The van der Waals surface area contributed by atoms with E-state index in [-0.39, 0.29) is 17.7 Å². The zero-order valence-electron chi connectivity index (χ0n) is 13.5. The largest absolute Gasteiger partial charge is 0.497 e. The number of imidazole rings is 1. The lowest BCUT2D eigenvalue weighted by Gasteiger charge is -2.17. The molecule has 0 bridgehead atoms. The number of methoxy groups -OCH3 is 1. The van der Waals surface area contributed by atoms with E-state index in [9.17, 15) is 10.1 Å². The van der Waals surface area contributed by atoms with Gasteiger partial charge in [0, 0.05) is 6.07 Å². The summed E-state index contributed by atoms with van der Waals surface area (Å²) in [5.41, 5.74) is 1.56. The van der Waals surface area contributed by atoms with Gasteiger partial charge in [-0.1, -0.05) is 25.1 Å². The van der Waals surface area contributed by atoms with Gasteiger partial charge in [0.1, 0.15) is 5.75 Å². The predicted molar refractivity (Wildman–Crippen MR) is 91.5 cm³/mol. The molecular weight excluding hydrogens is 308 g/mol. The van der Waals surface area contributed by atoms with Crippen LogP contribution in [-0.4, -0.2) is 21.4 Å². The van der Waals surface area contributed by atoms with E-state index in [0.717, 1.165) is 17.7 Å². The molecule has 3 aromatic rings. The van der Waals surface area contributed by atoms with Gasteiger partial charge < -0.3 is 20.2 Å². The van der Waals surface area contributed by atoms with Gasteiger partial charge in [-0.25, -0.2) is 0 Å². The Hall–Kier alpha value is -3.09. The SMILES string of the molecule is CCC(Nc1nc2ccccn2c1[N+](=O)[O-])c1ccc(OC)cc1. The maximum Gasteiger partial charge on any atom is 0.372 e. The second kappa shape index (κ2) is 6.57. The van der Waals surface area contributed by atoms with E-state index in [4.69, 9.17) is 4.74 Å². The molecule has 124 valence electrons. The van der Waals surface area contributed by atoms with Gasteiger partial charge in [0.05, 0.1) is 19.3 Å². The summed E-state index contributed by atoms with van der Waals surface area (Å²) < 4.78 is 6.64. The van der Waals surface area contributed by atoms with Crippen molar-refractivity contribution in [3.8, 4) is 5.75 Å². The van der Waals surface area contributed by atoms with Crippen molar-refractivity contribution in [3.63, 3.8) is 0 Å². The molecule has 1 aromatic carbocycles. The van der Waals surface area contributed by atoms with Crippen molar-refractivity contribution in [1.82, 2.24) is 9.38 Å². The van der Waals surface area contributed by atoms with Crippen molar-refractivity contribution in [1.29, 1.82) is 0 Å². The summed E-state index contributed by atoms with van der Waals surface area (Å²) in [5.74, 6) is 0.985. The van der Waals surface area contributed by atoms with Crippen LogP contribution < -0.4 is 10.1 Å². The number of ether oxygens (including phenoxy) is 1. The monoisotopic (exact) mass is 326 g/mol. The third kappa shape index (κ3) is 2.88. The average Bonchev–Trinajstić information content (AvgIpc) is 2.98. The zero-order chi connectivity index (χ0) is 17.1. The molecule has 0 aliphatic rings. The maximum atomic E-state index is 11.5. The van der Waals surface area contributed by atoms with Crippen LogP contribution in [0.5, 0.6) is 5.75 Å². The van der Waals surface area contributed by atoms with E-state index in [0.29, 0.717) is 5.65 Å². The molecule has 0 aliphatic carbocycles. The molecular formula is C17H18N4O3. The van der Waals surface area contributed by atoms with E-state index in [1.54, 1.807) is 31.5 Å². The lowest BCUT2D eigenvalue weighted by Crippen LogP contribution is -2.11. The number of anilines is 1. The lowest BCUT2D eigenvalue weighted by molar-refractivity contribution is -0.389. The minimum Gasteiger partial charge on any atom is -0.497 e. The molecule has 0 fully saturated rings. The van der Waals surface area contributed by atoms with Gasteiger partial charge in [-0.3, -0.25) is 0 Å². The number of nitrogens with zero attached hydrogens (tertiary/aromatic N) is 3. The van der Waals surface area contributed by atoms with Gasteiger partial charge in [0.15, 0.2) is 0 Å². The molecule has 24 heavy (non-hydrogen) atoms. The third-order valence-corrected chi connectivity index (χ3v) is 3.92. The smallest absolute Gasteiger partial charge is 0.372 e. The van der Waals surface area contributed by atoms with Gasteiger partial charge in [-0.15, -0.1) is 0 Å². The van der Waals surface area contributed by atoms with Crippen molar-refractivity contribution in [2.24, 2.45) is 0 Å². The van der Waals surface area contributed by atoms with Crippen LogP contribution in [-0.2, 0) is 0 Å². The maximum absolute atomic E-state index is 11.5. The van der Waals surface area contributed by atoms with Crippen molar-refractivity contribution in [2.45, 2.75) is 19.4 Å². The van der Waals surface area contributed by atoms with Crippen LogP contribution in [0.1, 0.15) is 24.9 Å². The summed E-state index contributed by atoms with van der Waals surface area (Å²) in [6.45, 7) is 2.02. The summed E-state index contributed by atoms with van der Waals surface area (Å²) in [5, 5.41) is 14.7. The minimum absolute atomic E-state index is 0.0578. The minimum atomic E-state index is -0.414. The summed E-state index contributed by atoms with van der Waals surface area (Å²) in [6.07, 6.45) is 2.40. The van der Waals surface area contributed by atoms with Crippen LogP contribution in [0.25, 0.3) is 5.65 Å². The second-order valence-corrected chi connectivity index (χ2v) is 5.35. The number of rotatable bonds is 6. The van der Waals surface area contributed by atoms with Gasteiger partial charge in [0.2, 0.25) is 11.5 Å². The number of nitro groups is 1. The molecule has 0 spiro atoms. The molecule has 1 N–H and O–H groups in total. The first-order chi connectivity index (χ1) is 11.6. The Balaban J connectivity index is 1.97. The highest BCUT2D eigenvalue weighted by Crippen LogP contribution is 2.30. The number of aromatic nitrogens is 2. The molecule has 7 heteroatoms. The fourth-order valence-electron chi connectivity index (χ4n) is 2.68. The molecule has 2 aromatic heterocycles. The summed E-state index contributed by atoms with van der Waals surface area (Å²) in [7, 11) is 1.62. The highest BCUT2D eigenvalue weighted by Gasteiger charge is 2.24. The van der Waals surface area contributed by atoms with Crippen LogP contribution in [0.4, 0.5) is 11.6 Å². The van der Waals surface area contributed by atoms with E-state index in [1.165, 1.54) is 4.40 Å². The molecule has 0 amide bonds. The van der Waals surface area contributed by atoms with Gasteiger partial charge >= 0.3 is 5.82 Å². The molecule has 1 atom stereocenters. The molecule has 0 saturated heterocycles. The Morgan fingerprint density at radius 2 is 2.04 bits per heavy atom. The number of hydrogen-bond donors (Lipinski definition) is 1. The van der Waals surface area contributed by atoms with Crippen molar-refractivity contribution >= 4 is 17.3 Å². The Morgan fingerprint density at radius 3 is 2.67 bits per heavy atom. The average molecular weight is 326 g/mol. The molecule has 0 aliphatic heterocycles. The van der Waals surface area contributed by atoms with Crippen molar-refractivity contribution in [3.05, 3.63) is 64.3 Å². The number of benzene rings is 1. The summed E-state index contributed by atoms with van der Waals surface area (Å²) >= 11 is 0. The number of pyridine rings is 1. The Labute approximate surface area is 139 Å². The quantitative estimate of drug-likeness (QED) is 0.550. The number of nitrogens with one attached hydrogen (secondary N) is 1. The first-order valence-corrected chi connectivity index (χ1v) is 7.66. The first kappa shape index (κ1) is 15.8. The highest BCUT2D eigenvalue weighted by atomic mass is 16.6. The van der Waals surface area contributed by atoms with Crippen LogP contribution in [0, 0.1) is 10.1 Å². The molecule has 2 heterocycles. The van der Waals surface area contributed by atoms with Crippen molar-refractivity contribution < 1.29 is 9.66 Å². The third-order valence-electron chi connectivity index (χ3n) is 3.92. The van der Waals surface area contributed by atoms with Gasteiger partial charge in [0.25, 0.3) is 0 Å². The van der Waals surface area contributed by atoms with Crippen molar-refractivity contribution in [2.75, 3.05) is 12.4 Å². The molecule has 0 saturated carbocycles. The highest BCUT2D eigenvalue weighted by molar-refractivity contribution is 5.62. The topological polar surface area (TPSA) is 81.7 Å². The molecule has 3 rings (SSSR count). The molecule has 7 nitrogen and oxygen atoms in total. The van der Waals surface area contributed by atoms with E-state index in [1.807, 2.05) is 31.2 Å². The van der Waals surface area contributed by atoms with E-state index in [2.05, 4.69) is 10.3 Å². The normalized spacial score (nSPS) is 12.1. The standard InChI is InChI=1S/C17H18N4O3/c1-3-14(12-7-9-13(24-2)10-8-12)18-16-17(21(22)23)20-11-5-4-6-15(20)19-16/h4-11,14,18H,3H2,1-2H3. The van der Waals surface area contributed by atoms with Crippen LogP contribution >= 0.6 is 0 Å². The van der Waals surface area contributed by atoms with Gasteiger partial charge in [-0.2, -0.15) is 9.38 Å². The first-order valence-electron chi connectivity index (χ1n) is 7.66. The Morgan fingerprint density at radius 1 is 1.29 bits per heavy atom.